The molecule has 0 aliphatic heterocycles. The predicted molar refractivity (Wildman–Crippen MR) is 145 cm³/mol. The smallest absolute Gasteiger partial charge is 0.251 e. The highest BCUT2D eigenvalue weighted by atomic mass is 16.1. The summed E-state index contributed by atoms with van der Waals surface area (Å²) < 4.78 is 1.62. The fraction of sp³-hybridized carbons (Fsp3) is 0.0769. The fourth-order valence-corrected chi connectivity index (χ4v) is 4.22. The van der Waals surface area contributed by atoms with E-state index in [2.05, 4.69) is 51.0 Å². The Morgan fingerprint density at radius 2 is 1.97 bits per heavy atom. The number of para-hydroxylation sites is 2. The maximum Gasteiger partial charge on any atom is 0.251 e. The molecule has 0 aliphatic carbocycles. The number of amides is 1. The van der Waals surface area contributed by atoms with E-state index in [1.807, 2.05) is 43.3 Å². The van der Waals surface area contributed by atoms with Gasteiger partial charge in [0.25, 0.3) is 5.91 Å². The molecular weight excluding hydrogens is 496 g/mol. The number of fused-ring (bicyclic) bond motifs is 2. The lowest BCUT2D eigenvalue weighted by molar-refractivity contribution is 0.0955. The molecule has 6 rings (SSSR count). The van der Waals surface area contributed by atoms with Crippen molar-refractivity contribution in [1.29, 1.82) is 5.53 Å². The highest BCUT2D eigenvalue weighted by molar-refractivity contribution is 5.96. The van der Waals surface area contributed by atoms with Crippen LogP contribution in [0.25, 0.3) is 44.8 Å². The van der Waals surface area contributed by atoms with Crippen LogP contribution in [0.4, 0.5) is 5.69 Å². The molecule has 4 heterocycles. The molecule has 4 aromatic heterocycles. The molecular formula is C26H22N12O. The molecule has 1 amide bonds. The molecule has 5 N–H and O–H groups in total. The highest BCUT2D eigenvalue weighted by Gasteiger charge is 2.17. The highest BCUT2D eigenvalue weighted by Crippen LogP contribution is 2.25. The summed E-state index contributed by atoms with van der Waals surface area (Å²) in [7, 11) is 0. The number of nitrogens with zero attached hydrogens (tertiary/aromatic N) is 7. The van der Waals surface area contributed by atoms with E-state index in [-0.39, 0.29) is 11.6 Å². The van der Waals surface area contributed by atoms with Crippen LogP contribution < -0.4 is 10.6 Å². The lowest BCUT2D eigenvalue weighted by Gasteiger charge is -2.09. The van der Waals surface area contributed by atoms with Gasteiger partial charge in [0.1, 0.15) is 16.9 Å². The van der Waals surface area contributed by atoms with Crippen LogP contribution in [0.5, 0.6) is 0 Å². The summed E-state index contributed by atoms with van der Waals surface area (Å²) >= 11 is 0. The SMILES string of the molecule is CCNC(=O)c1cc(/C(=C/Nc2cccc3[nH]cnc23)N=N)nc(-c2cn(-c3cccc4nc[nH]c34)nn2)c1. The molecule has 192 valence electrons. The Morgan fingerprint density at radius 3 is 2.85 bits per heavy atom. The molecule has 39 heavy (non-hydrogen) atoms. The van der Waals surface area contributed by atoms with Crippen molar-refractivity contribution in [3.63, 3.8) is 0 Å². The van der Waals surface area contributed by atoms with Crippen molar-refractivity contribution < 1.29 is 4.79 Å². The van der Waals surface area contributed by atoms with Gasteiger partial charge in [-0.3, -0.25) is 4.79 Å². The Hall–Kier alpha value is -5.72. The number of benzene rings is 2. The van der Waals surface area contributed by atoms with Gasteiger partial charge in [0.15, 0.2) is 0 Å². The summed E-state index contributed by atoms with van der Waals surface area (Å²) in [5, 5.41) is 18.2. The van der Waals surface area contributed by atoms with Gasteiger partial charge < -0.3 is 20.6 Å². The van der Waals surface area contributed by atoms with Crippen molar-refractivity contribution in [1.82, 2.24) is 45.2 Å². The quantitative estimate of drug-likeness (QED) is 0.187. The first kappa shape index (κ1) is 23.7. The number of rotatable bonds is 8. The summed E-state index contributed by atoms with van der Waals surface area (Å²) in [6.07, 6.45) is 6.51. The number of imidazole rings is 2. The molecule has 0 saturated carbocycles. The van der Waals surface area contributed by atoms with Crippen LogP contribution in [-0.4, -0.2) is 52.4 Å². The number of aromatic nitrogens is 8. The van der Waals surface area contributed by atoms with Gasteiger partial charge in [-0.2, -0.15) is 5.11 Å². The van der Waals surface area contributed by atoms with E-state index in [9.17, 15) is 4.79 Å². The first-order valence-corrected chi connectivity index (χ1v) is 12.1. The van der Waals surface area contributed by atoms with E-state index in [0.717, 1.165) is 33.4 Å². The van der Waals surface area contributed by atoms with Crippen molar-refractivity contribution in [2.45, 2.75) is 6.92 Å². The Bertz CT molecular complexity index is 1860. The summed E-state index contributed by atoms with van der Waals surface area (Å²) in [4.78, 5) is 32.3. The normalized spacial score (nSPS) is 11.7. The lowest BCUT2D eigenvalue weighted by Crippen LogP contribution is -2.23. The fourth-order valence-electron chi connectivity index (χ4n) is 4.22. The van der Waals surface area contributed by atoms with E-state index in [1.165, 1.54) is 0 Å². The Morgan fingerprint density at radius 1 is 1.10 bits per heavy atom. The van der Waals surface area contributed by atoms with Gasteiger partial charge in [0.2, 0.25) is 0 Å². The topological polar surface area (TPSA) is 178 Å². The zero-order valence-corrected chi connectivity index (χ0v) is 20.7. The molecule has 0 fully saturated rings. The summed E-state index contributed by atoms with van der Waals surface area (Å²) in [6, 6.07) is 14.6. The second kappa shape index (κ2) is 9.97. The molecule has 0 aliphatic rings. The minimum absolute atomic E-state index is 0.213. The van der Waals surface area contributed by atoms with E-state index in [1.54, 1.807) is 41.9 Å². The Labute approximate surface area is 220 Å². The standard InChI is InChI=1S/C26H22N12O/c1-2-28-26(39)15-9-19(21(35-27)11-29-16-5-3-6-17-24(16)32-13-30-17)34-20(10-15)22-12-38(37-36-22)23-8-4-7-18-25(23)33-14-31-18/h3-14,27,29H,2H2,1H3,(H,28,39)(H,30,32)(H,31,33)/b21-11-,35-27?. The maximum atomic E-state index is 12.8. The number of carbonyl (C=O) groups is 1. The summed E-state index contributed by atoms with van der Waals surface area (Å²) in [6.45, 7) is 2.30. The van der Waals surface area contributed by atoms with Crippen LogP contribution in [0.15, 0.2) is 78.7 Å². The number of aromatic amines is 2. The van der Waals surface area contributed by atoms with E-state index >= 15 is 0 Å². The monoisotopic (exact) mass is 518 g/mol. The van der Waals surface area contributed by atoms with Crippen LogP contribution in [0, 0.1) is 5.53 Å². The average molecular weight is 519 g/mol. The van der Waals surface area contributed by atoms with Gasteiger partial charge in [-0.15, -0.1) is 5.10 Å². The molecule has 0 saturated heterocycles. The Balaban J connectivity index is 1.40. The van der Waals surface area contributed by atoms with Crippen LogP contribution in [0.3, 0.4) is 0 Å². The molecule has 13 nitrogen and oxygen atoms in total. The van der Waals surface area contributed by atoms with Crippen LogP contribution in [0.1, 0.15) is 23.0 Å². The van der Waals surface area contributed by atoms with Crippen LogP contribution in [0.2, 0.25) is 0 Å². The number of anilines is 1. The van der Waals surface area contributed by atoms with Crippen molar-refractivity contribution in [3.8, 4) is 17.1 Å². The molecule has 0 bridgehead atoms. The molecule has 0 radical (unpaired) electrons. The van der Waals surface area contributed by atoms with Crippen LogP contribution in [-0.2, 0) is 0 Å². The molecule has 0 unspecified atom stereocenters. The minimum atomic E-state index is -0.282. The number of nitrogens with one attached hydrogen (secondary N) is 5. The number of pyridine rings is 1. The van der Waals surface area contributed by atoms with Gasteiger partial charge in [-0.1, -0.05) is 17.3 Å². The Kier molecular flexibility index (Phi) is 6.05. The zero-order chi connectivity index (χ0) is 26.8. The van der Waals surface area contributed by atoms with E-state index in [4.69, 9.17) is 5.53 Å². The van der Waals surface area contributed by atoms with Gasteiger partial charge in [-0.25, -0.2) is 25.2 Å². The van der Waals surface area contributed by atoms with Gasteiger partial charge in [0.05, 0.1) is 58.2 Å². The van der Waals surface area contributed by atoms with Crippen molar-refractivity contribution >= 4 is 39.4 Å². The van der Waals surface area contributed by atoms with E-state index in [0.29, 0.717) is 29.2 Å². The number of hydrogen-bond acceptors (Lipinski definition) is 9. The summed E-state index contributed by atoms with van der Waals surface area (Å²) in [5.74, 6) is -0.282. The molecule has 0 spiro atoms. The second-order valence-corrected chi connectivity index (χ2v) is 8.50. The first-order valence-electron chi connectivity index (χ1n) is 12.1. The number of carbonyl (C=O) groups excluding carboxylic acids is 1. The van der Waals surface area contributed by atoms with Crippen molar-refractivity contribution in [2.75, 3.05) is 11.9 Å². The lowest BCUT2D eigenvalue weighted by atomic mass is 10.1. The van der Waals surface area contributed by atoms with Crippen LogP contribution >= 0.6 is 0 Å². The minimum Gasteiger partial charge on any atom is -0.358 e. The van der Waals surface area contributed by atoms with Gasteiger partial charge >= 0.3 is 0 Å². The number of hydrogen-bond donors (Lipinski definition) is 5. The second-order valence-electron chi connectivity index (χ2n) is 8.50. The van der Waals surface area contributed by atoms with Gasteiger partial charge in [0, 0.05) is 18.3 Å². The summed E-state index contributed by atoms with van der Waals surface area (Å²) in [5.41, 5.74) is 14.3. The third-order valence-electron chi connectivity index (χ3n) is 6.06. The predicted octanol–water partition coefficient (Wildman–Crippen LogP) is 4.27. The average Bonchev–Trinajstić information content (AvgIpc) is 3.74. The zero-order valence-electron chi connectivity index (χ0n) is 20.7. The van der Waals surface area contributed by atoms with Gasteiger partial charge in [-0.05, 0) is 43.3 Å². The number of H-pyrrole nitrogens is 2. The molecule has 2 aromatic carbocycles. The largest absolute Gasteiger partial charge is 0.358 e. The molecule has 6 aromatic rings. The van der Waals surface area contributed by atoms with Crippen molar-refractivity contribution in [3.05, 3.63) is 84.8 Å². The third-order valence-corrected chi connectivity index (χ3v) is 6.06. The molecule has 13 heteroatoms. The maximum absolute atomic E-state index is 12.8. The van der Waals surface area contributed by atoms with E-state index < -0.39 is 0 Å². The van der Waals surface area contributed by atoms with Crippen molar-refractivity contribution in [2.24, 2.45) is 5.11 Å². The third kappa shape index (κ3) is 4.48. The first-order chi connectivity index (χ1) is 19.1. The molecule has 0 atom stereocenters.